The largest absolute Gasteiger partial charge is 0.375 e. The van der Waals surface area contributed by atoms with E-state index in [4.69, 9.17) is 5.73 Å². The second-order valence-electron chi connectivity index (χ2n) is 2.10. The summed E-state index contributed by atoms with van der Waals surface area (Å²) < 4.78 is 0. The van der Waals surface area contributed by atoms with Gasteiger partial charge in [0.2, 0.25) is 0 Å². The zero-order valence-electron chi connectivity index (χ0n) is 6.21. The molecule has 0 aliphatic rings. The van der Waals surface area contributed by atoms with Crippen LogP contribution >= 0.6 is 11.3 Å². The first-order valence-corrected chi connectivity index (χ1v) is 4.22. The molecule has 0 spiro atoms. The van der Waals surface area contributed by atoms with Gasteiger partial charge in [-0.3, -0.25) is 0 Å². The van der Waals surface area contributed by atoms with Gasteiger partial charge in [0.05, 0.1) is 5.69 Å². The molecule has 0 aromatic carbocycles. The van der Waals surface area contributed by atoms with Gasteiger partial charge >= 0.3 is 0 Å². The molecule has 0 unspecified atom stereocenters. The predicted octanol–water partition coefficient (Wildman–Crippen LogP) is 1.00. The molecule has 1 heterocycles. The second-order valence-corrected chi connectivity index (χ2v) is 2.99. The van der Waals surface area contributed by atoms with E-state index >= 15 is 0 Å². The summed E-state index contributed by atoms with van der Waals surface area (Å²) in [6, 6.07) is 0. The lowest BCUT2D eigenvalue weighted by Crippen LogP contribution is -2.12. The van der Waals surface area contributed by atoms with Crippen molar-refractivity contribution in [2.24, 2.45) is 0 Å². The highest BCUT2D eigenvalue weighted by molar-refractivity contribution is 7.13. The Labute approximate surface area is 70.0 Å². The predicted molar refractivity (Wildman–Crippen MR) is 48.4 cm³/mol. The molecule has 3 nitrogen and oxygen atoms in total. The fourth-order valence-corrected chi connectivity index (χ4v) is 1.27. The summed E-state index contributed by atoms with van der Waals surface area (Å²) in [4.78, 5) is 4.08. The first-order chi connectivity index (χ1) is 5.33. The van der Waals surface area contributed by atoms with Crippen molar-refractivity contribution in [3.63, 3.8) is 0 Å². The van der Waals surface area contributed by atoms with Crippen molar-refractivity contribution in [2.75, 3.05) is 12.3 Å². The van der Waals surface area contributed by atoms with Gasteiger partial charge in [0.1, 0.15) is 0 Å². The minimum Gasteiger partial charge on any atom is -0.375 e. The summed E-state index contributed by atoms with van der Waals surface area (Å²) in [5.41, 5.74) is 6.44. The molecule has 0 radical (unpaired) electrons. The lowest BCUT2D eigenvalue weighted by atomic mass is 10.5. The Hall–Kier alpha value is -0.870. The first-order valence-electron chi connectivity index (χ1n) is 3.34. The average Bonchev–Trinajstić information content (AvgIpc) is 2.37. The molecule has 0 fully saturated rings. The summed E-state index contributed by atoms with van der Waals surface area (Å²) in [6.45, 7) is 5.16. The Bertz CT molecular complexity index is 231. The van der Waals surface area contributed by atoms with Crippen LogP contribution < -0.4 is 11.1 Å². The van der Waals surface area contributed by atoms with Gasteiger partial charge in [0, 0.05) is 18.5 Å². The smallest absolute Gasteiger partial charge is 0.180 e. The molecule has 0 saturated carbocycles. The molecule has 1 aromatic heterocycles. The van der Waals surface area contributed by atoms with Crippen LogP contribution in [-0.2, 0) is 6.54 Å². The van der Waals surface area contributed by atoms with E-state index in [2.05, 4.69) is 16.9 Å². The summed E-state index contributed by atoms with van der Waals surface area (Å²) in [5.74, 6) is 0. The molecular formula is C7H11N3S. The molecule has 0 bridgehead atoms. The van der Waals surface area contributed by atoms with Crippen molar-refractivity contribution in [3.8, 4) is 0 Å². The van der Waals surface area contributed by atoms with E-state index in [0.29, 0.717) is 5.13 Å². The lowest BCUT2D eigenvalue weighted by Gasteiger charge is -1.95. The third-order valence-electron chi connectivity index (χ3n) is 1.16. The number of nitrogens with one attached hydrogen (secondary N) is 1. The van der Waals surface area contributed by atoms with Gasteiger partial charge in [-0.2, -0.15) is 0 Å². The van der Waals surface area contributed by atoms with Gasteiger partial charge < -0.3 is 11.1 Å². The third-order valence-corrected chi connectivity index (χ3v) is 1.89. The van der Waals surface area contributed by atoms with Crippen LogP contribution in [-0.4, -0.2) is 11.5 Å². The lowest BCUT2D eigenvalue weighted by molar-refractivity contribution is 0.746. The Kier molecular flexibility index (Phi) is 3.07. The number of nitrogen functional groups attached to an aromatic ring is 1. The molecule has 0 aliphatic carbocycles. The van der Waals surface area contributed by atoms with Crippen molar-refractivity contribution in [1.82, 2.24) is 10.3 Å². The highest BCUT2D eigenvalue weighted by Crippen LogP contribution is 2.09. The Balaban J connectivity index is 2.32. The molecule has 0 amide bonds. The average molecular weight is 169 g/mol. The Morgan fingerprint density at radius 3 is 3.18 bits per heavy atom. The molecular weight excluding hydrogens is 158 g/mol. The number of hydrogen-bond donors (Lipinski definition) is 2. The summed E-state index contributed by atoms with van der Waals surface area (Å²) in [5, 5.41) is 5.71. The van der Waals surface area contributed by atoms with Crippen LogP contribution in [0.1, 0.15) is 5.69 Å². The molecule has 60 valence electrons. The number of nitrogens with two attached hydrogens (primary N) is 1. The quantitative estimate of drug-likeness (QED) is 0.522. The third kappa shape index (κ3) is 2.69. The molecule has 0 atom stereocenters. The molecule has 1 rings (SSSR count). The topological polar surface area (TPSA) is 50.9 Å². The highest BCUT2D eigenvalue weighted by Gasteiger charge is 1.95. The van der Waals surface area contributed by atoms with Gasteiger partial charge in [0.15, 0.2) is 5.13 Å². The number of anilines is 1. The first kappa shape index (κ1) is 8.23. The summed E-state index contributed by atoms with van der Waals surface area (Å²) >= 11 is 1.46. The summed E-state index contributed by atoms with van der Waals surface area (Å²) in [7, 11) is 0. The van der Waals surface area contributed by atoms with Crippen molar-refractivity contribution >= 4 is 16.5 Å². The van der Waals surface area contributed by atoms with Gasteiger partial charge in [-0.05, 0) is 0 Å². The molecule has 11 heavy (non-hydrogen) atoms. The van der Waals surface area contributed by atoms with Crippen LogP contribution in [0.2, 0.25) is 0 Å². The number of hydrogen-bond acceptors (Lipinski definition) is 4. The minimum atomic E-state index is 0.625. The van der Waals surface area contributed by atoms with Crippen molar-refractivity contribution in [1.29, 1.82) is 0 Å². The van der Waals surface area contributed by atoms with Crippen LogP contribution in [0.4, 0.5) is 5.13 Å². The SMILES string of the molecule is C=CCNCc1csc(N)n1. The molecule has 3 N–H and O–H groups in total. The number of rotatable bonds is 4. The van der Waals surface area contributed by atoms with E-state index in [1.807, 2.05) is 11.5 Å². The van der Waals surface area contributed by atoms with E-state index in [9.17, 15) is 0 Å². The molecule has 4 heteroatoms. The Morgan fingerprint density at radius 1 is 1.82 bits per heavy atom. The highest BCUT2D eigenvalue weighted by atomic mass is 32.1. The van der Waals surface area contributed by atoms with Crippen LogP contribution in [0.15, 0.2) is 18.0 Å². The molecule has 0 saturated heterocycles. The van der Waals surface area contributed by atoms with Gasteiger partial charge in [0.25, 0.3) is 0 Å². The maximum Gasteiger partial charge on any atom is 0.180 e. The van der Waals surface area contributed by atoms with Crippen LogP contribution in [0.5, 0.6) is 0 Å². The Morgan fingerprint density at radius 2 is 2.64 bits per heavy atom. The fourth-order valence-electron chi connectivity index (χ4n) is 0.706. The van der Waals surface area contributed by atoms with E-state index in [-0.39, 0.29) is 0 Å². The van der Waals surface area contributed by atoms with E-state index in [1.165, 1.54) is 11.3 Å². The van der Waals surface area contributed by atoms with E-state index in [0.717, 1.165) is 18.8 Å². The van der Waals surface area contributed by atoms with Gasteiger partial charge in [-0.1, -0.05) is 6.08 Å². The molecule has 0 aliphatic heterocycles. The number of aromatic nitrogens is 1. The van der Waals surface area contributed by atoms with Crippen LogP contribution in [0.3, 0.4) is 0 Å². The molecule has 1 aromatic rings. The van der Waals surface area contributed by atoms with E-state index < -0.39 is 0 Å². The van der Waals surface area contributed by atoms with Gasteiger partial charge in [-0.15, -0.1) is 17.9 Å². The monoisotopic (exact) mass is 169 g/mol. The normalized spacial score (nSPS) is 9.82. The van der Waals surface area contributed by atoms with Crippen LogP contribution in [0.25, 0.3) is 0 Å². The summed E-state index contributed by atoms with van der Waals surface area (Å²) in [6.07, 6.45) is 1.82. The maximum atomic E-state index is 5.44. The van der Waals surface area contributed by atoms with Crippen molar-refractivity contribution < 1.29 is 0 Å². The number of nitrogens with zero attached hydrogens (tertiary/aromatic N) is 1. The maximum absolute atomic E-state index is 5.44. The van der Waals surface area contributed by atoms with E-state index in [1.54, 1.807) is 0 Å². The van der Waals surface area contributed by atoms with Crippen LogP contribution in [0, 0.1) is 0 Å². The minimum absolute atomic E-state index is 0.625. The zero-order valence-corrected chi connectivity index (χ0v) is 7.03. The van der Waals surface area contributed by atoms with Crippen molar-refractivity contribution in [3.05, 3.63) is 23.7 Å². The number of thiazole rings is 1. The van der Waals surface area contributed by atoms with Crippen molar-refractivity contribution in [2.45, 2.75) is 6.54 Å². The fraction of sp³-hybridized carbons (Fsp3) is 0.286. The second kappa shape index (κ2) is 4.10. The zero-order chi connectivity index (χ0) is 8.10. The van der Waals surface area contributed by atoms with Gasteiger partial charge in [-0.25, -0.2) is 4.98 Å². The standard InChI is InChI=1S/C7H11N3S/c1-2-3-9-4-6-5-11-7(8)10-6/h2,5,9H,1,3-4H2,(H2,8,10).